The van der Waals surface area contributed by atoms with E-state index >= 15 is 0 Å². The monoisotopic (exact) mass is 399 g/mol. The van der Waals surface area contributed by atoms with Crippen LogP contribution in [0, 0.1) is 0 Å². The van der Waals surface area contributed by atoms with Crippen LogP contribution in [-0.4, -0.2) is 23.3 Å². The van der Waals surface area contributed by atoms with E-state index in [0.29, 0.717) is 17.7 Å². The normalized spacial score (nSPS) is 13.1. The van der Waals surface area contributed by atoms with Gasteiger partial charge in [-0.2, -0.15) is 0 Å². The Morgan fingerprint density at radius 3 is 2.43 bits per heavy atom. The molecule has 30 heavy (non-hydrogen) atoms. The van der Waals surface area contributed by atoms with Gasteiger partial charge in [0.1, 0.15) is 0 Å². The van der Waals surface area contributed by atoms with Gasteiger partial charge in [-0.25, -0.2) is 0 Å². The zero-order valence-electron chi connectivity index (χ0n) is 17.5. The largest absolute Gasteiger partial charge is 0.322 e. The molecule has 0 aliphatic carbocycles. The molecular formula is C25H25N3O2. The molecule has 0 atom stereocenters. The number of aromatic nitrogens is 1. The Morgan fingerprint density at radius 2 is 1.77 bits per heavy atom. The highest BCUT2D eigenvalue weighted by atomic mass is 16.2. The molecule has 0 saturated carbocycles. The van der Waals surface area contributed by atoms with Crippen molar-refractivity contribution < 1.29 is 9.59 Å². The number of fused-ring (bicyclic) bond motifs is 1. The zero-order chi connectivity index (χ0) is 21.3. The summed E-state index contributed by atoms with van der Waals surface area (Å²) in [5, 5.41) is 2.97. The standard InChI is InChI=1S/C25H25N3O2/c1-25(2,3)20-8-6-17(7-9-20)23(29)27-21-10-11-22-18(15-21)12-14-28(22)24(30)19-5-4-13-26-16-19/h4-11,13,15-16H,12,14H2,1-3H3,(H,27,29). The number of rotatable bonds is 3. The minimum Gasteiger partial charge on any atom is -0.322 e. The summed E-state index contributed by atoms with van der Waals surface area (Å²) in [6.45, 7) is 7.06. The quantitative estimate of drug-likeness (QED) is 0.686. The van der Waals surface area contributed by atoms with Gasteiger partial charge in [0.15, 0.2) is 0 Å². The molecule has 152 valence electrons. The number of pyridine rings is 1. The first-order chi connectivity index (χ1) is 14.3. The summed E-state index contributed by atoms with van der Waals surface area (Å²) in [5.41, 5.74) is 5.10. The van der Waals surface area contributed by atoms with Crippen LogP contribution >= 0.6 is 0 Å². The smallest absolute Gasteiger partial charge is 0.259 e. The third kappa shape index (κ3) is 3.96. The number of carbonyl (C=O) groups excluding carboxylic acids is 2. The maximum atomic E-state index is 12.8. The SMILES string of the molecule is CC(C)(C)c1ccc(C(=O)Nc2ccc3c(c2)CCN3C(=O)c2cccnc2)cc1. The summed E-state index contributed by atoms with van der Waals surface area (Å²) in [7, 11) is 0. The molecule has 0 fully saturated rings. The second kappa shape index (κ2) is 7.75. The van der Waals surface area contributed by atoms with Crippen LogP contribution in [0.4, 0.5) is 11.4 Å². The van der Waals surface area contributed by atoms with Crippen molar-refractivity contribution in [2.24, 2.45) is 0 Å². The minimum absolute atomic E-state index is 0.0497. The average molecular weight is 399 g/mol. The van der Waals surface area contributed by atoms with Crippen molar-refractivity contribution in [1.29, 1.82) is 0 Å². The number of anilines is 2. The maximum absolute atomic E-state index is 12.8. The Balaban J connectivity index is 1.49. The van der Waals surface area contributed by atoms with E-state index < -0.39 is 0 Å². The number of hydrogen-bond donors (Lipinski definition) is 1. The molecule has 5 nitrogen and oxygen atoms in total. The van der Waals surface area contributed by atoms with Crippen LogP contribution in [0.25, 0.3) is 0 Å². The van der Waals surface area contributed by atoms with Gasteiger partial charge in [-0.1, -0.05) is 32.9 Å². The number of hydrogen-bond acceptors (Lipinski definition) is 3. The van der Waals surface area contributed by atoms with Crippen molar-refractivity contribution >= 4 is 23.2 Å². The van der Waals surface area contributed by atoms with Crippen molar-refractivity contribution in [2.75, 3.05) is 16.8 Å². The van der Waals surface area contributed by atoms with Gasteiger partial charge < -0.3 is 10.2 Å². The summed E-state index contributed by atoms with van der Waals surface area (Å²) in [5.74, 6) is -0.200. The number of nitrogens with one attached hydrogen (secondary N) is 1. The number of nitrogens with zero attached hydrogens (tertiary/aromatic N) is 2. The third-order valence-electron chi connectivity index (χ3n) is 5.40. The molecule has 4 rings (SSSR count). The topological polar surface area (TPSA) is 62.3 Å². The van der Waals surface area contributed by atoms with Crippen LogP contribution in [0.1, 0.15) is 52.6 Å². The van der Waals surface area contributed by atoms with Crippen LogP contribution in [-0.2, 0) is 11.8 Å². The van der Waals surface area contributed by atoms with Crippen LogP contribution in [0.3, 0.4) is 0 Å². The second-order valence-electron chi connectivity index (χ2n) is 8.57. The van der Waals surface area contributed by atoms with Gasteiger partial charge in [-0.15, -0.1) is 0 Å². The molecule has 1 aliphatic heterocycles. The van der Waals surface area contributed by atoms with E-state index in [4.69, 9.17) is 0 Å². The predicted octanol–water partition coefficient (Wildman–Crippen LogP) is 4.83. The highest BCUT2D eigenvalue weighted by Gasteiger charge is 2.26. The Kier molecular flexibility index (Phi) is 5.12. The lowest BCUT2D eigenvalue weighted by Crippen LogP contribution is -2.28. The van der Waals surface area contributed by atoms with Crippen molar-refractivity contribution in [2.45, 2.75) is 32.6 Å². The predicted molar refractivity (Wildman–Crippen MR) is 119 cm³/mol. The molecule has 5 heteroatoms. The average Bonchev–Trinajstić information content (AvgIpc) is 3.16. The summed E-state index contributed by atoms with van der Waals surface area (Å²) in [6.07, 6.45) is 3.99. The molecule has 0 radical (unpaired) electrons. The Bertz CT molecular complexity index is 1080. The van der Waals surface area contributed by atoms with Crippen LogP contribution < -0.4 is 10.2 Å². The van der Waals surface area contributed by atoms with Crippen LogP contribution in [0.5, 0.6) is 0 Å². The molecule has 0 bridgehead atoms. The van der Waals surface area contributed by atoms with Gasteiger partial charge in [0.25, 0.3) is 11.8 Å². The fraction of sp³-hybridized carbons (Fsp3) is 0.240. The first-order valence-corrected chi connectivity index (χ1v) is 10.1. The van der Waals surface area contributed by atoms with Gasteiger partial charge in [0.2, 0.25) is 0 Å². The highest BCUT2D eigenvalue weighted by molar-refractivity contribution is 6.08. The number of amides is 2. The zero-order valence-corrected chi connectivity index (χ0v) is 17.5. The molecule has 3 aromatic rings. The van der Waals surface area contributed by atoms with E-state index in [-0.39, 0.29) is 17.2 Å². The number of carbonyl (C=O) groups is 2. The summed E-state index contributed by atoms with van der Waals surface area (Å²) in [4.78, 5) is 31.2. The minimum atomic E-state index is -0.142. The van der Waals surface area contributed by atoms with Gasteiger partial charge >= 0.3 is 0 Å². The van der Waals surface area contributed by atoms with Crippen molar-refractivity contribution in [1.82, 2.24) is 4.98 Å². The maximum Gasteiger partial charge on any atom is 0.259 e. The van der Waals surface area contributed by atoms with E-state index in [1.54, 1.807) is 29.4 Å². The van der Waals surface area contributed by atoms with Crippen molar-refractivity contribution in [3.63, 3.8) is 0 Å². The second-order valence-corrected chi connectivity index (χ2v) is 8.57. The molecule has 1 aliphatic rings. The van der Waals surface area contributed by atoms with Crippen LogP contribution in [0.2, 0.25) is 0 Å². The van der Waals surface area contributed by atoms with E-state index in [2.05, 4.69) is 31.1 Å². The lowest BCUT2D eigenvalue weighted by molar-refractivity contribution is 0.0987. The molecule has 2 heterocycles. The van der Waals surface area contributed by atoms with E-state index in [1.807, 2.05) is 42.5 Å². The molecule has 0 spiro atoms. The highest BCUT2D eigenvalue weighted by Crippen LogP contribution is 2.32. The molecule has 2 aromatic carbocycles. The summed E-state index contributed by atoms with van der Waals surface area (Å²) in [6, 6.07) is 16.9. The Morgan fingerprint density at radius 1 is 1.00 bits per heavy atom. The van der Waals surface area contributed by atoms with Gasteiger partial charge in [0, 0.05) is 35.9 Å². The lowest BCUT2D eigenvalue weighted by Gasteiger charge is -2.19. The molecule has 1 aromatic heterocycles. The third-order valence-corrected chi connectivity index (χ3v) is 5.40. The van der Waals surface area contributed by atoms with Crippen molar-refractivity contribution in [3.05, 3.63) is 89.2 Å². The first-order valence-electron chi connectivity index (χ1n) is 10.1. The number of benzene rings is 2. The molecule has 2 amide bonds. The molecular weight excluding hydrogens is 374 g/mol. The van der Waals surface area contributed by atoms with E-state index in [9.17, 15) is 9.59 Å². The fourth-order valence-electron chi connectivity index (χ4n) is 3.66. The van der Waals surface area contributed by atoms with E-state index in [1.165, 1.54) is 5.56 Å². The molecule has 0 unspecified atom stereocenters. The van der Waals surface area contributed by atoms with Gasteiger partial charge in [0.05, 0.1) is 5.56 Å². The Labute approximate surface area is 176 Å². The fourth-order valence-corrected chi connectivity index (χ4v) is 3.66. The van der Waals surface area contributed by atoms with E-state index in [0.717, 1.165) is 23.4 Å². The van der Waals surface area contributed by atoms with Crippen molar-refractivity contribution in [3.8, 4) is 0 Å². The van der Waals surface area contributed by atoms with Crippen LogP contribution in [0.15, 0.2) is 67.0 Å². The van der Waals surface area contributed by atoms with Gasteiger partial charge in [-0.05, 0) is 65.4 Å². The summed E-state index contributed by atoms with van der Waals surface area (Å²) < 4.78 is 0. The Hall–Kier alpha value is -3.47. The van der Waals surface area contributed by atoms with Gasteiger partial charge in [-0.3, -0.25) is 14.6 Å². The molecule has 0 saturated heterocycles. The first kappa shape index (κ1) is 19.8. The summed E-state index contributed by atoms with van der Waals surface area (Å²) >= 11 is 0. The lowest BCUT2D eigenvalue weighted by atomic mass is 9.87. The molecule has 1 N–H and O–H groups in total.